The van der Waals surface area contributed by atoms with Gasteiger partial charge in [-0.05, 0) is 23.4 Å². The Morgan fingerprint density at radius 2 is 2.00 bits per heavy atom. The monoisotopic (exact) mass is 398 g/mol. The Bertz CT molecular complexity index is 992. The SMILES string of the molecule is CC(=O)OC1CCN(c2nc(C(C)(C)C)nc3c2ccn3CC2(C)N=NN=N2)C1. The molecule has 0 aromatic carbocycles. The minimum Gasteiger partial charge on any atom is -0.461 e. The molecule has 2 aromatic heterocycles. The molecule has 1 unspecified atom stereocenters. The number of fused-ring (bicyclic) bond motifs is 1. The smallest absolute Gasteiger partial charge is 0.302 e. The van der Waals surface area contributed by atoms with Crippen LogP contribution < -0.4 is 4.90 Å². The van der Waals surface area contributed by atoms with Crippen LogP contribution in [0.15, 0.2) is 32.9 Å². The minimum atomic E-state index is -0.729. The summed E-state index contributed by atoms with van der Waals surface area (Å²) in [5.41, 5.74) is -0.120. The van der Waals surface area contributed by atoms with Crippen LogP contribution in [0, 0.1) is 0 Å². The Morgan fingerprint density at radius 3 is 2.66 bits per heavy atom. The number of hydrogen-bond donors (Lipinski definition) is 0. The summed E-state index contributed by atoms with van der Waals surface area (Å²) in [4.78, 5) is 23.3. The average Bonchev–Trinajstić information content (AvgIpc) is 3.34. The summed E-state index contributed by atoms with van der Waals surface area (Å²) >= 11 is 0. The molecule has 0 spiro atoms. The lowest BCUT2D eigenvalue weighted by Crippen LogP contribution is -2.27. The number of carbonyl (C=O) groups excluding carboxylic acids is 1. The van der Waals surface area contributed by atoms with E-state index in [0.717, 1.165) is 35.6 Å². The van der Waals surface area contributed by atoms with Gasteiger partial charge in [-0.15, -0.1) is 10.2 Å². The number of ether oxygens (including phenoxy) is 1. The van der Waals surface area contributed by atoms with Crippen molar-refractivity contribution in [1.82, 2.24) is 14.5 Å². The third-order valence-electron chi connectivity index (χ3n) is 5.08. The van der Waals surface area contributed by atoms with Crippen molar-refractivity contribution in [2.24, 2.45) is 20.7 Å². The third-order valence-corrected chi connectivity index (χ3v) is 5.08. The highest BCUT2D eigenvalue weighted by Crippen LogP contribution is 2.33. The normalized spacial score (nSPS) is 20.7. The van der Waals surface area contributed by atoms with Crippen LogP contribution >= 0.6 is 0 Å². The Balaban J connectivity index is 1.75. The molecule has 10 heteroatoms. The zero-order valence-corrected chi connectivity index (χ0v) is 17.5. The molecule has 1 saturated heterocycles. The predicted molar refractivity (Wildman–Crippen MR) is 107 cm³/mol. The number of rotatable bonds is 4. The fourth-order valence-electron chi connectivity index (χ4n) is 3.64. The molecule has 0 aliphatic carbocycles. The molecule has 0 bridgehead atoms. The Hall–Kier alpha value is -2.91. The fraction of sp³-hybridized carbons (Fsp3) is 0.632. The first kappa shape index (κ1) is 19.4. The lowest BCUT2D eigenvalue weighted by Gasteiger charge is -2.23. The van der Waals surface area contributed by atoms with Crippen molar-refractivity contribution in [3.05, 3.63) is 18.1 Å². The van der Waals surface area contributed by atoms with Gasteiger partial charge < -0.3 is 14.2 Å². The number of carbonyl (C=O) groups is 1. The predicted octanol–water partition coefficient (Wildman–Crippen LogP) is 3.42. The molecule has 154 valence electrons. The van der Waals surface area contributed by atoms with Crippen molar-refractivity contribution in [2.75, 3.05) is 18.0 Å². The lowest BCUT2D eigenvalue weighted by atomic mass is 9.95. The van der Waals surface area contributed by atoms with Gasteiger partial charge in [0.25, 0.3) is 0 Å². The summed E-state index contributed by atoms with van der Waals surface area (Å²) < 4.78 is 7.43. The van der Waals surface area contributed by atoms with Gasteiger partial charge in [-0.25, -0.2) is 9.97 Å². The van der Waals surface area contributed by atoms with Gasteiger partial charge in [0.2, 0.25) is 5.66 Å². The zero-order valence-electron chi connectivity index (χ0n) is 17.5. The Morgan fingerprint density at radius 1 is 1.28 bits per heavy atom. The van der Waals surface area contributed by atoms with Crippen LogP contribution in [-0.2, 0) is 21.5 Å². The standard InChI is InChI=1S/C19H26N8O2/c1-12(28)29-13-6-8-26(10-13)15-14-7-9-27(11-19(5)22-24-25-23-19)16(14)21-17(20-15)18(2,3)4/h7,9,13H,6,8,10-11H2,1-5H3. The molecule has 1 atom stereocenters. The van der Waals surface area contributed by atoms with Crippen LogP contribution in [0.1, 0.15) is 46.9 Å². The van der Waals surface area contributed by atoms with Crippen molar-refractivity contribution in [3.63, 3.8) is 0 Å². The summed E-state index contributed by atoms with van der Waals surface area (Å²) in [5.74, 6) is 1.38. The summed E-state index contributed by atoms with van der Waals surface area (Å²) in [7, 11) is 0. The van der Waals surface area contributed by atoms with E-state index >= 15 is 0 Å². The number of anilines is 1. The quantitative estimate of drug-likeness (QED) is 0.733. The minimum absolute atomic E-state index is 0.115. The van der Waals surface area contributed by atoms with E-state index in [1.165, 1.54) is 6.92 Å². The average molecular weight is 398 g/mol. The molecule has 0 amide bonds. The largest absolute Gasteiger partial charge is 0.461 e. The van der Waals surface area contributed by atoms with Crippen molar-refractivity contribution in [2.45, 2.75) is 64.8 Å². The zero-order chi connectivity index (χ0) is 20.8. The van der Waals surface area contributed by atoms with Crippen molar-refractivity contribution >= 4 is 22.8 Å². The second kappa shape index (κ2) is 6.85. The maximum Gasteiger partial charge on any atom is 0.302 e. The van der Waals surface area contributed by atoms with E-state index in [9.17, 15) is 4.79 Å². The van der Waals surface area contributed by atoms with Gasteiger partial charge in [-0.2, -0.15) is 0 Å². The number of aromatic nitrogens is 3. The fourth-order valence-corrected chi connectivity index (χ4v) is 3.64. The molecular weight excluding hydrogens is 372 g/mol. The number of esters is 1. The van der Waals surface area contributed by atoms with Gasteiger partial charge in [-0.1, -0.05) is 20.8 Å². The molecule has 0 N–H and O–H groups in total. The van der Waals surface area contributed by atoms with Crippen LogP contribution in [0.25, 0.3) is 11.0 Å². The molecule has 4 rings (SSSR count). The van der Waals surface area contributed by atoms with E-state index in [-0.39, 0.29) is 17.5 Å². The van der Waals surface area contributed by atoms with Gasteiger partial charge in [0.1, 0.15) is 23.4 Å². The van der Waals surface area contributed by atoms with Gasteiger partial charge in [0.15, 0.2) is 0 Å². The van der Waals surface area contributed by atoms with E-state index in [1.54, 1.807) is 0 Å². The van der Waals surface area contributed by atoms with Gasteiger partial charge in [0, 0.05) is 31.5 Å². The molecular formula is C19H26N8O2. The molecule has 10 nitrogen and oxygen atoms in total. The first-order valence-corrected chi connectivity index (χ1v) is 9.78. The summed E-state index contributed by atoms with van der Waals surface area (Å²) in [6.07, 6.45) is 2.65. The second-order valence-electron chi connectivity index (χ2n) is 8.86. The first-order valence-electron chi connectivity index (χ1n) is 9.78. The second-order valence-corrected chi connectivity index (χ2v) is 8.86. The van der Waals surface area contributed by atoms with E-state index in [0.29, 0.717) is 13.1 Å². The number of hydrogen-bond acceptors (Lipinski definition) is 9. The van der Waals surface area contributed by atoms with Crippen LogP contribution in [0.5, 0.6) is 0 Å². The van der Waals surface area contributed by atoms with Gasteiger partial charge in [0.05, 0.1) is 18.5 Å². The molecule has 0 saturated carbocycles. The van der Waals surface area contributed by atoms with E-state index in [4.69, 9.17) is 14.7 Å². The molecule has 0 radical (unpaired) electrons. The van der Waals surface area contributed by atoms with Crippen LogP contribution in [0.4, 0.5) is 5.82 Å². The summed E-state index contributed by atoms with van der Waals surface area (Å²) in [6, 6.07) is 2.02. The van der Waals surface area contributed by atoms with Crippen LogP contribution in [0.2, 0.25) is 0 Å². The summed E-state index contributed by atoms with van der Waals surface area (Å²) in [5, 5.41) is 16.5. The highest BCUT2D eigenvalue weighted by molar-refractivity contribution is 5.88. The summed E-state index contributed by atoms with van der Waals surface area (Å²) in [6.45, 7) is 11.5. The van der Waals surface area contributed by atoms with E-state index in [2.05, 4.69) is 46.3 Å². The van der Waals surface area contributed by atoms with E-state index < -0.39 is 5.66 Å². The number of nitrogens with zero attached hydrogens (tertiary/aromatic N) is 8. The Labute approximate surface area is 169 Å². The first-order chi connectivity index (χ1) is 13.6. The van der Waals surface area contributed by atoms with Crippen LogP contribution in [-0.4, -0.2) is 45.4 Å². The van der Waals surface area contributed by atoms with E-state index in [1.807, 2.05) is 23.8 Å². The highest BCUT2D eigenvalue weighted by Gasteiger charge is 2.32. The van der Waals surface area contributed by atoms with Gasteiger partial charge in [-0.3, -0.25) is 4.79 Å². The molecule has 2 aromatic rings. The topological polar surface area (TPSA) is 110 Å². The van der Waals surface area contributed by atoms with Gasteiger partial charge >= 0.3 is 5.97 Å². The molecule has 4 heterocycles. The highest BCUT2D eigenvalue weighted by atomic mass is 16.5. The third kappa shape index (κ3) is 3.83. The molecule has 1 fully saturated rings. The molecule has 2 aliphatic heterocycles. The molecule has 29 heavy (non-hydrogen) atoms. The van der Waals surface area contributed by atoms with Crippen molar-refractivity contribution < 1.29 is 9.53 Å². The lowest BCUT2D eigenvalue weighted by molar-refractivity contribution is -0.145. The maximum absolute atomic E-state index is 11.3. The van der Waals surface area contributed by atoms with Crippen molar-refractivity contribution in [3.8, 4) is 0 Å². The van der Waals surface area contributed by atoms with Crippen molar-refractivity contribution in [1.29, 1.82) is 0 Å². The molecule has 2 aliphatic rings. The van der Waals surface area contributed by atoms with Crippen LogP contribution in [0.3, 0.4) is 0 Å². The Kier molecular flexibility index (Phi) is 4.59. The maximum atomic E-state index is 11.3.